The van der Waals surface area contributed by atoms with Crippen LogP contribution in [0.25, 0.3) is 0 Å². The van der Waals surface area contributed by atoms with Gasteiger partial charge in [-0.05, 0) is 90.4 Å². The maximum absolute atomic E-state index is 12.6. The topological polar surface area (TPSA) is 171 Å². The highest BCUT2D eigenvalue weighted by molar-refractivity contribution is 6.04. The van der Waals surface area contributed by atoms with Crippen molar-refractivity contribution < 1.29 is 38.3 Å². The van der Waals surface area contributed by atoms with E-state index in [1.807, 2.05) is 83.1 Å². The van der Waals surface area contributed by atoms with Crippen LogP contribution in [0.15, 0.2) is 0 Å². The summed E-state index contributed by atoms with van der Waals surface area (Å²) in [5, 5.41) is 8.66. The fourth-order valence-corrected chi connectivity index (χ4v) is 6.97. The SMILES string of the molecule is CC(C)(C)NC(=O)C1CCC(CN2C(=O)CC(C(C)(C)C)C2=O)CC1.CC(C)(C)NC(=O)CCCOCCNC(=O)CCN1C(=O)CC(C(C)(C)C)C1=O. The Labute approximate surface area is 324 Å². The monoisotopic (exact) mass is 762 g/mol. The molecule has 13 nitrogen and oxygen atoms in total. The highest BCUT2D eigenvalue weighted by atomic mass is 16.5. The molecule has 1 saturated carbocycles. The van der Waals surface area contributed by atoms with E-state index in [2.05, 4.69) is 16.0 Å². The quantitative estimate of drug-likeness (QED) is 0.178. The molecule has 0 aromatic carbocycles. The van der Waals surface area contributed by atoms with E-state index in [-0.39, 0.29) is 100 Å². The van der Waals surface area contributed by atoms with Gasteiger partial charge < -0.3 is 20.7 Å². The molecule has 0 bridgehead atoms. The third-order valence-electron chi connectivity index (χ3n) is 10.1. The summed E-state index contributed by atoms with van der Waals surface area (Å²) in [7, 11) is 0. The van der Waals surface area contributed by atoms with E-state index in [9.17, 15) is 33.6 Å². The normalized spacial score (nSPS) is 22.6. The van der Waals surface area contributed by atoms with Gasteiger partial charge in [0.15, 0.2) is 0 Å². The first-order valence-electron chi connectivity index (χ1n) is 19.9. The molecule has 2 atom stereocenters. The summed E-state index contributed by atoms with van der Waals surface area (Å²) >= 11 is 0. The average molecular weight is 762 g/mol. The smallest absolute Gasteiger partial charge is 0.233 e. The lowest BCUT2D eigenvalue weighted by Crippen LogP contribution is -2.45. The second-order valence-corrected chi connectivity index (χ2v) is 19.5. The van der Waals surface area contributed by atoms with Gasteiger partial charge in [0, 0.05) is 68.9 Å². The number of carbonyl (C=O) groups is 7. The molecule has 54 heavy (non-hydrogen) atoms. The van der Waals surface area contributed by atoms with Gasteiger partial charge in [-0.3, -0.25) is 43.4 Å². The van der Waals surface area contributed by atoms with Crippen LogP contribution >= 0.6 is 0 Å². The Bertz CT molecular complexity index is 1340. The molecule has 7 amide bonds. The van der Waals surface area contributed by atoms with Crippen LogP contribution in [0.1, 0.15) is 141 Å². The Hall–Kier alpha value is -3.35. The van der Waals surface area contributed by atoms with Crippen molar-refractivity contribution in [1.29, 1.82) is 0 Å². The number of nitrogens with zero attached hydrogens (tertiary/aromatic N) is 2. The molecule has 1 aliphatic carbocycles. The van der Waals surface area contributed by atoms with Gasteiger partial charge in [-0.1, -0.05) is 41.5 Å². The zero-order valence-electron chi connectivity index (χ0n) is 35.4. The van der Waals surface area contributed by atoms with Crippen molar-refractivity contribution in [2.45, 2.75) is 152 Å². The minimum Gasteiger partial charge on any atom is -0.380 e. The molecule has 3 rings (SSSR count). The first kappa shape index (κ1) is 46.8. The zero-order valence-corrected chi connectivity index (χ0v) is 35.4. The molecule has 2 unspecified atom stereocenters. The van der Waals surface area contributed by atoms with E-state index in [0.29, 0.717) is 51.5 Å². The van der Waals surface area contributed by atoms with Crippen LogP contribution in [-0.2, 0) is 38.3 Å². The summed E-state index contributed by atoms with van der Waals surface area (Å²) in [6.07, 6.45) is 5.13. The zero-order chi connectivity index (χ0) is 41.2. The standard InChI is InChI=1S/C21H37N3O5.C20H34N2O3/c1-20(2,3)15-14-18(27)24(19(15)28)11-9-16(25)22-10-13-29-12-7-8-17(26)23-21(4,5)6;1-19(2,3)15-11-16(23)22(18(15)25)12-13-7-9-14(10-8-13)17(24)21-20(4,5)6/h15H,7-14H2,1-6H3,(H,22,25)(H,23,26);13-15H,7-12H2,1-6H3,(H,21,24). The van der Waals surface area contributed by atoms with Crippen LogP contribution in [0.2, 0.25) is 0 Å². The number of nitrogens with one attached hydrogen (secondary N) is 3. The van der Waals surface area contributed by atoms with Crippen LogP contribution in [0, 0.1) is 34.5 Å². The van der Waals surface area contributed by atoms with Crippen LogP contribution in [0.3, 0.4) is 0 Å². The minimum absolute atomic E-state index is 0.00545. The maximum atomic E-state index is 12.6. The molecule has 0 aromatic heterocycles. The second kappa shape index (κ2) is 19.5. The summed E-state index contributed by atoms with van der Waals surface area (Å²) in [4.78, 5) is 87.9. The van der Waals surface area contributed by atoms with Gasteiger partial charge in [-0.25, -0.2) is 0 Å². The third-order valence-corrected chi connectivity index (χ3v) is 10.1. The van der Waals surface area contributed by atoms with Crippen molar-refractivity contribution in [2.75, 3.05) is 32.8 Å². The molecule has 0 aromatic rings. The lowest BCUT2D eigenvalue weighted by molar-refractivity contribution is -0.142. The lowest BCUT2D eigenvalue weighted by Gasteiger charge is -2.32. The second-order valence-electron chi connectivity index (χ2n) is 19.5. The Morgan fingerprint density at radius 1 is 0.648 bits per heavy atom. The van der Waals surface area contributed by atoms with Gasteiger partial charge >= 0.3 is 0 Å². The molecule has 13 heteroatoms. The van der Waals surface area contributed by atoms with E-state index >= 15 is 0 Å². The van der Waals surface area contributed by atoms with E-state index in [1.165, 1.54) is 9.80 Å². The molecule has 2 saturated heterocycles. The van der Waals surface area contributed by atoms with E-state index in [1.54, 1.807) is 0 Å². The largest absolute Gasteiger partial charge is 0.380 e. The van der Waals surface area contributed by atoms with E-state index < -0.39 is 0 Å². The maximum Gasteiger partial charge on any atom is 0.233 e. The number of hydrogen-bond donors (Lipinski definition) is 3. The van der Waals surface area contributed by atoms with Crippen LogP contribution in [0.4, 0.5) is 0 Å². The fraction of sp³-hybridized carbons (Fsp3) is 0.829. The van der Waals surface area contributed by atoms with Gasteiger partial charge in [0.05, 0.1) is 18.4 Å². The predicted octanol–water partition coefficient (Wildman–Crippen LogP) is 4.75. The Morgan fingerprint density at radius 3 is 1.63 bits per heavy atom. The third kappa shape index (κ3) is 15.8. The van der Waals surface area contributed by atoms with Gasteiger partial charge in [0.25, 0.3) is 0 Å². The number of rotatable bonds is 13. The molecule has 2 aliphatic heterocycles. The van der Waals surface area contributed by atoms with Gasteiger partial charge in [-0.15, -0.1) is 0 Å². The van der Waals surface area contributed by atoms with Crippen LogP contribution in [-0.4, -0.2) is 95.1 Å². The lowest BCUT2D eigenvalue weighted by atomic mass is 9.79. The Morgan fingerprint density at radius 2 is 1.15 bits per heavy atom. The van der Waals surface area contributed by atoms with Crippen LogP contribution < -0.4 is 16.0 Å². The molecule has 308 valence electrons. The van der Waals surface area contributed by atoms with Crippen molar-refractivity contribution in [2.24, 2.45) is 34.5 Å². The summed E-state index contributed by atoms with van der Waals surface area (Å²) < 4.78 is 5.41. The number of ether oxygens (including phenoxy) is 1. The van der Waals surface area contributed by atoms with Gasteiger partial charge in [0.2, 0.25) is 41.4 Å². The van der Waals surface area contributed by atoms with Gasteiger partial charge in [-0.2, -0.15) is 0 Å². The number of hydrogen-bond acceptors (Lipinski definition) is 8. The first-order valence-corrected chi connectivity index (χ1v) is 19.9. The van der Waals surface area contributed by atoms with Crippen LogP contribution in [0.5, 0.6) is 0 Å². The van der Waals surface area contributed by atoms with Gasteiger partial charge in [0.1, 0.15) is 0 Å². The first-order chi connectivity index (χ1) is 24.7. The Kier molecular flexibility index (Phi) is 16.9. The van der Waals surface area contributed by atoms with Crippen molar-refractivity contribution >= 4 is 41.4 Å². The average Bonchev–Trinajstić information content (AvgIpc) is 3.47. The summed E-state index contributed by atoms with van der Waals surface area (Å²) in [5.41, 5.74) is -0.886. The Balaban J connectivity index is 0.000000377. The summed E-state index contributed by atoms with van der Waals surface area (Å²) in [6, 6.07) is 0. The molecule has 3 fully saturated rings. The highest BCUT2D eigenvalue weighted by Crippen LogP contribution is 2.38. The highest BCUT2D eigenvalue weighted by Gasteiger charge is 2.46. The molecule has 0 radical (unpaired) electrons. The molecule has 2 heterocycles. The van der Waals surface area contributed by atoms with Crippen molar-refractivity contribution in [1.82, 2.24) is 25.8 Å². The van der Waals surface area contributed by atoms with Crippen molar-refractivity contribution in [3.05, 3.63) is 0 Å². The molecule has 0 spiro atoms. The number of amides is 7. The molecular weight excluding hydrogens is 690 g/mol. The summed E-state index contributed by atoms with van der Waals surface area (Å²) in [5.74, 6) is -0.670. The van der Waals surface area contributed by atoms with E-state index in [4.69, 9.17) is 4.74 Å². The van der Waals surface area contributed by atoms with Crippen molar-refractivity contribution in [3.8, 4) is 0 Å². The predicted molar refractivity (Wildman–Crippen MR) is 207 cm³/mol. The number of likely N-dealkylation sites (tertiary alicyclic amines) is 2. The van der Waals surface area contributed by atoms with E-state index in [0.717, 1.165) is 25.7 Å². The fourth-order valence-electron chi connectivity index (χ4n) is 6.97. The number of carbonyl (C=O) groups excluding carboxylic acids is 7. The van der Waals surface area contributed by atoms with Crippen molar-refractivity contribution in [3.63, 3.8) is 0 Å². The summed E-state index contributed by atoms with van der Waals surface area (Å²) in [6.45, 7) is 25.4. The number of imide groups is 2. The molecular formula is C41H71N5O8. The minimum atomic E-state index is -0.322. The molecule has 3 N–H and O–H groups in total. The molecule has 3 aliphatic rings.